The fourth-order valence-electron chi connectivity index (χ4n) is 3.00. The number of nitrogens with zero attached hydrogens (tertiary/aromatic N) is 1. The van der Waals surface area contributed by atoms with E-state index in [0.29, 0.717) is 6.42 Å². The molecule has 0 spiro atoms. The van der Waals surface area contributed by atoms with Gasteiger partial charge in [0.05, 0.1) is 0 Å². The molecule has 1 fully saturated rings. The summed E-state index contributed by atoms with van der Waals surface area (Å²) in [5, 5.41) is 2.78. The molecule has 0 unspecified atom stereocenters. The number of ketones is 1. The highest BCUT2D eigenvalue weighted by atomic mass is 35.5. The van der Waals surface area contributed by atoms with Crippen LogP contribution in [0.1, 0.15) is 36.0 Å². The number of halogens is 1. The van der Waals surface area contributed by atoms with Gasteiger partial charge in [-0.3, -0.25) is 4.79 Å². The average molecular weight is 302 g/mol. The minimum Gasteiger partial charge on any atom is -0.303 e. The number of piperidine rings is 1. The summed E-state index contributed by atoms with van der Waals surface area (Å²) in [6.45, 7) is 3.16. The topological polar surface area (TPSA) is 20.3 Å². The van der Waals surface area contributed by atoms with Gasteiger partial charge in [0.15, 0.2) is 5.78 Å². The van der Waals surface area contributed by atoms with Gasteiger partial charge in [0.25, 0.3) is 0 Å². The van der Waals surface area contributed by atoms with Crippen molar-refractivity contribution < 1.29 is 4.79 Å². The second-order valence-electron chi connectivity index (χ2n) is 5.75. The lowest BCUT2D eigenvalue weighted by Gasteiger charge is -2.25. The number of hydrogen-bond acceptors (Lipinski definition) is 2. The molecule has 0 aliphatic carbocycles. The summed E-state index contributed by atoms with van der Waals surface area (Å²) in [6, 6.07) is 11.6. The largest absolute Gasteiger partial charge is 0.303 e. The molecule has 110 valence electrons. The SMILES string of the molecule is O=C(CCN1CCCCC1)c1ccc2c(Cl)cccc2c1. The highest BCUT2D eigenvalue weighted by Gasteiger charge is 2.13. The molecule has 21 heavy (non-hydrogen) atoms. The van der Waals surface area contributed by atoms with Gasteiger partial charge in [-0.15, -0.1) is 0 Å². The smallest absolute Gasteiger partial charge is 0.164 e. The molecule has 1 aliphatic heterocycles. The van der Waals surface area contributed by atoms with E-state index in [0.717, 1.165) is 41.0 Å². The summed E-state index contributed by atoms with van der Waals surface area (Å²) in [4.78, 5) is 14.8. The second-order valence-corrected chi connectivity index (χ2v) is 6.16. The predicted octanol–water partition coefficient (Wildman–Crippen LogP) is 4.55. The molecule has 2 aromatic rings. The molecule has 0 N–H and O–H groups in total. The highest BCUT2D eigenvalue weighted by Crippen LogP contribution is 2.24. The number of carbonyl (C=O) groups excluding carboxylic acids is 1. The zero-order valence-corrected chi connectivity index (χ0v) is 12.9. The van der Waals surface area contributed by atoms with Gasteiger partial charge in [-0.2, -0.15) is 0 Å². The Morgan fingerprint density at radius 2 is 1.90 bits per heavy atom. The van der Waals surface area contributed by atoms with E-state index in [4.69, 9.17) is 11.6 Å². The number of rotatable bonds is 4. The summed E-state index contributed by atoms with van der Waals surface area (Å²) in [7, 11) is 0. The number of Topliss-reactive ketones (excluding diaryl/α,β-unsaturated/α-hetero) is 1. The van der Waals surface area contributed by atoms with Gasteiger partial charge in [0.2, 0.25) is 0 Å². The van der Waals surface area contributed by atoms with Crippen LogP contribution in [0.25, 0.3) is 10.8 Å². The molecule has 1 heterocycles. The lowest BCUT2D eigenvalue weighted by Crippen LogP contribution is -2.31. The third-order valence-electron chi connectivity index (χ3n) is 4.25. The molecule has 0 saturated carbocycles. The molecular formula is C18H20ClNO. The number of benzene rings is 2. The molecule has 3 rings (SSSR count). The van der Waals surface area contributed by atoms with Crippen LogP contribution in [0.2, 0.25) is 5.02 Å². The van der Waals surface area contributed by atoms with Crippen LogP contribution in [0.3, 0.4) is 0 Å². The number of hydrogen-bond donors (Lipinski definition) is 0. The molecule has 3 heteroatoms. The van der Waals surface area contributed by atoms with Gasteiger partial charge in [0, 0.05) is 28.9 Å². The van der Waals surface area contributed by atoms with Crippen molar-refractivity contribution in [3.05, 3.63) is 47.0 Å². The van der Waals surface area contributed by atoms with Crippen LogP contribution >= 0.6 is 11.6 Å². The maximum atomic E-state index is 12.4. The van der Waals surface area contributed by atoms with Gasteiger partial charge >= 0.3 is 0 Å². The quantitative estimate of drug-likeness (QED) is 0.772. The van der Waals surface area contributed by atoms with E-state index in [1.165, 1.54) is 19.3 Å². The Labute approximate surface area is 130 Å². The van der Waals surface area contributed by atoms with Crippen molar-refractivity contribution >= 4 is 28.2 Å². The van der Waals surface area contributed by atoms with Crippen molar-refractivity contribution in [1.82, 2.24) is 4.90 Å². The molecule has 1 aliphatic rings. The van der Waals surface area contributed by atoms with E-state index in [-0.39, 0.29) is 5.78 Å². The van der Waals surface area contributed by atoms with Crippen LogP contribution in [0.4, 0.5) is 0 Å². The molecule has 0 radical (unpaired) electrons. The zero-order valence-electron chi connectivity index (χ0n) is 12.1. The Balaban J connectivity index is 1.69. The maximum absolute atomic E-state index is 12.4. The van der Waals surface area contributed by atoms with Crippen molar-refractivity contribution in [2.75, 3.05) is 19.6 Å². The van der Waals surface area contributed by atoms with Crippen LogP contribution in [-0.4, -0.2) is 30.3 Å². The number of carbonyl (C=O) groups is 1. The first-order valence-corrected chi connectivity index (χ1v) is 8.06. The Morgan fingerprint density at radius 3 is 2.71 bits per heavy atom. The number of likely N-dealkylation sites (tertiary alicyclic amines) is 1. The maximum Gasteiger partial charge on any atom is 0.164 e. The van der Waals surface area contributed by atoms with Gasteiger partial charge in [-0.25, -0.2) is 0 Å². The van der Waals surface area contributed by atoms with Crippen molar-refractivity contribution in [2.24, 2.45) is 0 Å². The third-order valence-corrected chi connectivity index (χ3v) is 4.58. The molecular weight excluding hydrogens is 282 g/mol. The highest BCUT2D eigenvalue weighted by molar-refractivity contribution is 6.35. The van der Waals surface area contributed by atoms with E-state index in [9.17, 15) is 4.79 Å². The standard InChI is InChI=1S/C18H20ClNO/c19-17-6-4-5-14-13-15(7-8-16(14)17)18(21)9-12-20-10-2-1-3-11-20/h4-8,13H,1-3,9-12H2. The van der Waals surface area contributed by atoms with Crippen LogP contribution in [0.5, 0.6) is 0 Å². The first-order valence-electron chi connectivity index (χ1n) is 7.68. The van der Waals surface area contributed by atoms with E-state index in [1.54, 1.807) is 0 Å². The van der Waals surface area contributed by atoms with Crippen LogP contribution < -0.4 is 0 Å². The van der Waals surface area contributed by atoms with Crippen molar-refractivity contribution in [1.29, 1.82) is 0 Å². The van der Waals surface area contributed by atoms with Crippen molar-refractivity contribution in [3.8, 4) is 0 Å². The lowest BCUT2D eigenvalue weighted by molar-refractivity contribution is 0.0959. The molecule has 2 aromatic carbocycles. The first kappa shape index (κ1) is 14.6. The van der Waals surface area contributed by atoms with Crippen LogP contribution in [-0.2, 0) is 0 Å². The summed E-state index contributed by atoms with van der Waals surface area (Å²) >= 11 is 6.16. The third kappa shape index (κ3) is 3.45. The molecule has 2 nitrogen and oxygen atoms in total. The van der Waals surface area contributed by atoms with E-state index in [1.807, 2.05) is 36.4 Å². The molecule has 1 saturated heterocycles. The average Bonchev–Trinajstić information content (AvgIpc) is 2.53. The Bertz CT molecular complexity index is 647. The fraction of sp³-hybridized carbons (Fsp3) is 0.389. The summed E-state index contributed by atoms with van der Waals surface area (Å²) < 4.78 is 0. The fourth-order valence-corrected chi connectivity index (χ4v) is 3.25. The van der Waals surface area contributed by atoms with Gasteiger partial charge < -0.3 is 4.90 Å². The predicted molar refractivity (Wildman–Crippen MR) is 88.2 cm³/mol. The first-order chi connectivity index (χ1) is 10.2. The Hall–Kier alpha value is -1.38. The van der Waals surface area contributed by atoms with E-state index < -0.39 is 0 Å². The van der Waals surface area contributed by atoms with Crippen molar-refractivity contribution in [3.63, 3.8) is 0 Å². The van der Waals surface area contributed by atoms with Crippen molar-refractivity contribution in [2.45, 2.75) is 25.7 Å². The number of fused-ring (bicyclic) bond motifs is 1. The van der Waals surface area contributed by atoms with Gasteiger partial charge in [0.1, 0.15) is 0 Å². The minimum atomic E-state index is 0.224. The lowest BCUT2D eigenvalue weighted by atomic mass is 10.0. The zero-order chi connectivity index (χ0) is 14.7. The molecule has 0 bridgehead atoms. The normalized spacial score (nSPS) is 16.2. The Kier molecular flexibility index (Phi) is 4.57. The van der Waals surface area contributed by atoms with E-state index >= 15 is 0 Å². The monoisotopic (exact) mass is 301 g/mol. The van der Waals surface area contributed by atoms with Gasteiger partial charge in [-0.05, 0) is 43.5 Å². The van der Waals surface area contributed by atoms with Crippen LogP contribution in [0, 0.1) is 0 Å². The molecule has 0 aromatic heterocycles. The van der Waals surface area contributed by atoms with E-state index in [2.05, 4.69) is 4.90 Å². The van der Waals surface area contributed by atoms with Crippen LogP contribution in [0.15, 0.2) is 36.4 Å². The Morgan fingerprint density at radius 1 is 1.10 bits per heavy atom. The second kappa shape index (κ2) is 6.59. The summed E-state index contributed by atoms with van der Waals surface area (Å²) in [5.41, 5.74) is 0.793. The summed E-state index contributed by atoms with van der Waals surface area (Å²) in [5.74, 6) is 0.224. The molecule has 0 atom stereocenters. The van der Waals surface area contributed by atoms with Gasteiger partial charge in [-0.1, -0.05) is 42.3 Å². The molecule has 0 amide bonds. The minimum absolute atomic E-state index is 0.224. The summed E-state index contributed by atoms with van der Waals surface area (Å²) in [6.07, 6.45) is 4.47.